The number of carbonyl (C=O) groups excluding carboxylic acids is 2. The first-order chi connectivity index (χ1) is 15.4. The lowest BCUT2D eigenvalue weighted by molar-refractivity contribution is -0.137. The second kappa shape index (κ2) is 9.72. The highest BCUT2D eigenvalue weighted by Crippen LogP contribution is 2.36. The van der Waals surface area contributed by atoms with E-state index in [1.165, 1.54) is 6.07 Å². The Kier molecular flexibility index (Phi) is 6.77. The summed E-state index contributed by atoms with van der Waals surface area (Å²) in [6.07, 6.45) is 3.27. The minimum absolute atomic E-state index is 0.0179. The van der Waals surface area contributed by atoms with E-state index >= 15 is 0 Å². The molecule has 2 atom stereocenters. The molecule has 6 heteroatoms. The predicted molar refractivity (Wildman–Crippen MR) is 121 cm³/mol. The van der Waals surface area contributed by atoms with Gasteiger partial charge >= 0.3 is 0 Å². The molecular weight excluding hydrogens is 407 g/mol. The summed E-state index contributed by atoms with van der Waals surface area (Å²) in [5.74, 6) is 0.592. The van der Waals surface area contributed by atoms with E-state index in [2.05, 4.69) is 5.32 Å². The molecule has 1 saturated heterocycles. The highest BCUT2D eigenvalue weighted by molar-refractivity contribution is 5.83. The van der Waals surface area contributed by atoms with E-state index < -0.39 is 0 Å². The van der Waals surface area contributed by atoms with Gasteiger partial charge in [-0.05, 0) is 67.5 Å². The first-order valence-corrected chi connectivity index (χ1v) is 11.4. The number of nitrogens with one attached hydrogen (secondary N) is 1. The highest BCUT2D eigenvalue weighted by atomic mass is 19.1. The third-order valence-electron chi connectivity index (χ3n) is 6.59. The Hall–Kier alpha value is -2.89. The van der Waals surface area contributed by atoms with Crippen molar-refractivity contribution in [2.75, 3.05) is 26.7 Å². The van der Waals surface area contributed by atoms with Crippen LogP contribution in [0, 0.1) is 24.6 Å². The van der Waals surface area contributed by atoms with Crippen LogP contribution < -0.4 is 10.1 Å². The number of amides is 2. The number of halogens is 1. The third-order valence-corrected chi connectivity index (χ3v) is 6.59. The van der Waals surface area contributed by atoms with Crippen LogP contribution in [0.1, 0.15) is 41.9 Å². The van der Waals surface area contributed by atoms with Gasteiger partial charge < -0.3 is 15.0 Å². The largest absolute Gasteiger partial charge is 0.497 e. The van der Waals surface area contributed by atoms with Crippen molar-refractivity contribution in [2.24, 2.45) is 11.8 Å². The minimum atomic E-state index is -0.266. The summed E-state index contributed by atoms with van der Waals surface area (Å²) in [5.41, 5.74) is 2.71. The summed E-state index contributed by atoms with van der Waals surface area (Å²) in [6.45, 7) is 3.34. The molecule has 1 aliphatic heterocycles. The van der Waals surface area contributed by atoms with Gasteiger partial charge in [0.15, 0.2) is 0 Å². The second-order valence-electron chi connectivity index (χ2n) is 9.04. The van der Waals surface area contributed by atoms with Crippen LogP contribution in [0.25, 0.3) is 0 Å². The van der Waals surface area contributed by atoms with E-state index in [9.17, 15) is 14.0 Å². The lowest BCUT2D eigenvalue weighted by Crippen LogP contribution is -2.48. The zero-order valence-corrected chi connectivity index (χ0v) is 18.8. The summed E-state index contributed by atoms with van der Waals surface area (Å²) in [7, 11) is 1.64. The van der Waals surface area contributed by atoms with Crippen LogP contribution >= 0.6 is 0 Å². The molecule has 0 aromatic heterocycles. The fourth-order valence-electron chi connectivity index (χ4n) is 4.49. The number of carbonyl (C=O) groups is 2. The number of methoxy groups -OCH3 is 1. The van der Waals surface area contributed by atoms with Crippen molar-refractivity contribution in [1.82, 2.24) is 10.2 Å². The van der Waals surface area contributed by atoms with E-state index in [0.717, 1.165) is 36.1 Å². The van der Waals surface area contributed by atoms with Gasteiger partial charge in [0.25, 0.3) is 0 Å². The average molecular weight is 439 g/mol. The molecule has 0 radical (unpaired) electrons. The van der Waals surface area contributed by atoms with Crippen molar-refractivity contribution in [3.8, 4) is 5.75 Å². The highest BCUT2D eigenvalue weighted by Gasteiger charge is 2.39. The number of ether oxygens (including phenoxy) is 1. The summed E-state index contributed by atoms with van der Waals surface area (Å²) >= 11 is 0. The topological polar surface area (TPSA) is 58.6 Å². The van der Waals surface area contributed by atoms with Crippen molar-refractivity contribution in [1.29, 1.82) is 0 Å². The number of likely N-dealkylation sites (tertiary alicyclic amines) is 1. The van der Waals surface area contributed by atoms with Crippen molar-refractivity contribution in [3.05, 3.63) is 65.0 Å². The summed E-state index contributed by atoms with van der Waals surface area (Å²) in [5, 5.41) is 3.06. The number of rotatable bonds is 7. The molecular formula is C26H31FN2O3. The Morgan fingerprint density at radius 1 is 1.09 bits per heavy atom. The molecule has 4 rings (SSSR count). The van der Waals surface area contributed by atoms with Crippen molar-refractivity contribution in [2.45, 2.75) is 38.5 Å². The molecule has 2 fully saturated rings. The Morgan fingerprint density at radius 3 is 2.50 bits per heavy atom. The van der Waals surface area contributed by atoms with E-state index in [1.54, 1.807) is 20.1 Å². The number of nitrogens with zero attached hydrogens (tertiary/aromatic N) is 1. The molecule has 170 valence electrons. The summed E-state index contributed by atoms with van der Waals surface area (Å²) in [6, 6.07) is 12.9. The molecule has 1 saturated carbocycles. The van der Waals surface area contributed by atoms with E-state index in [1.807, 2.05) is 35.2 Å². The van der Waals surface area contributed by atoms with Crippen LogP contribution in [0.5, 0.6) is 5.75 Å². The molecule has 1 N–H and O–H groups in total. The second-order valence-corrected chi connectivity index (χ2v) is 9.04. The van der Waals surface area contributed by atoms with Crippen molar-refractivity contribution in [3.63, 3.8) is 0 Å². The average Bonchev–Trinajstić information content (AvgIpc) is 3.66. The maximum atomic E-state index is 13.8. The molecule has 0 unspecified atom stereocenters. The van der Waals surface area contributed by atoms with Crippen LogP contribution in [0.15, 0.2) is 42.5 Å². The molecule has 2 amide bonds. The fourth-order valence-corrected chi connectivity index (χ4v) is 4.49. The van der Waals surface area contributed by atoms with Crippen LogP contribution in [-0.4, -0.2) is 43.5 Å². The molecule has 2 aromatic rings. The molecule has 5 nitrogen and oxygen atoms in total. The van der Waals surface area contributed by atoms with Gasteiger partial charge in [0.05, 0.1) is 13.0 Å². The number of aryl methyl sites for hydroxylation is 1. The Morgan fingerprint density at radius 2 is 1.84 bits per heavy atom. The molecule has 0 bridgehead atoms. The SMILES string of the molecule is COc1ccc(CCNC(=O)[C@H]2C[C@H](c3ccc(F)c(C)c3)CN(C(=O)C3CC3)C2)cc1. The Balaban J connectivity index is 1.41. The van der Waals surface area contributed by atoms with Crippen molar-refractivity contribution >= 4 is 11.8 Å². The number of hydrogen-bond acceptors (Lipinski definition) is 3. The van der Waals surface area contributed by atoms with Crippen molar-refractivity contribution < 1.29 is 18.7 Å². The van der Waals surface area contributed by atoms with Gasteiger partial charge in [-0.3, -0.25) is 9.59 Å². The Labute approximate surface area is 188 Å². The molecule has 0 spiro atoms. The smallest absolute Gasteiger partial charge is 0.225 e. The maximum absolute atomic E-state index is 13.8. The molecule has 32 heavy (non-hydrogen) atoms. The minimum Gasteiger partial charge on any atom is -0.497 e. The first kappa shape index (κ1) is 22.3. The van der Waals surface area contributed by atoms with Gasteiger partial charge in [-0.2, -0.15) is 0 Å². The quantitative estimate of drug-likeness (QED) is 0.715. The van der Waals surface area contributed by atoms with E-state index in [4.69, 9.17) is 4.74 Å². The number of piperidine rings is 1. The molecule has 1 heterocycles. The monoisotopic (exact) mass is 438 g/mol. The lowest BCUT2D eigenvalue weighted by atomic mass is 9.83. The first-order valence-electron chi connectivity index (χ1n) is 11.4. The normalized spacial score (nSPS) is 20.7. The van der Waals surface area contributed by atoms with Crippen LogP contribution in [-0.2, 0) is 16.0 Å². The third kappa shape index (κ3) is 5.29. The fraction of sp³-hybridized carbons (Fsp3) is 0.462. The predicted octanol–water partition coefficient (Wildman–Crippen LogP) is 3.84. The van der Waals surface area contributed by atoms with Gasteiger partial charge in [0, 0.05) is 31.5 Å². The molecule has 2 aromatic carbocycles. The van der Waals surface area contributed by atoms with Gasteiger partial charge in [0.1, 0.15) is 11.6 Å². The van der Waals surface area contributed by atoms with Crippen LogP contribution in [0.3, 0.4) is 0 Å². The maximum Gasteiger partial charge on any atom is 0.225 e. The van der Waals surface area contributed by atoms with Gasteiger partial charge in [-0.1, -0.05) is 24.3 Å². The lowest BCUT2D eigenvalue weighted by Gasteiger charge is -2.37. The van der Waals surface area contributed by atoms with Crippen LogP contribution in [0.4, 0.5) is 4.39 Å². The zero-order chi connectivity index (χ0) is 22.7. The van der Waals surface area contributed by atoms with E-state index in [0.29, 0.717) is 31.6 Å². The Bertz CT molecular complexity index is 972. The van der Waals surface area contributed by atoms with Gasteiger partial charge in [-0.15, -0.1) is 0 Å². The molecule has 2 aliphatic rings. The number of benzene rings is 2. The standard InChI is InChI=1S/C26H31FN2O3/c1-17-13-20(7-10-24(17)27)21-14-22(16-29(15-21)26(31)19-5-6-19)25(30)28-12-11-18-3-8-23(32-2)9-4-18/h3-4,7-10,13,19,21-22H,5-6,11-12,14-16H2,1-2H3,(H,28,30)/t21-,22-/m0/s1. The van der Waals surface area contributed by atoms with E-state index in [-0.39, 0.29) is 35.4 Å². The zero-order valence-electron chi connectivity index (χ0n) is 18.8. The van der Waals surface area contributed by atoms with Gasteiger partial charge in [0.2, 0.25) is 11.8 Å². The number of hydrogen-bond donors (Lipinski definition) is 1. The summed E-state index contributed by atoms with van der Waals surface area (Å²) in [4.78, 5) is 27.7. The molecule has 1 aliphatic carbocycles. The summed E-state index contributed by atoms with van der Waals surface area (Å²) < 4.78 is 19.0. The van der Waals surface area contributed by atoms with Crippen LogP contribution in [0.2, 0.25) is 0 Å². The van der Waals surface area contributed by atoms with Gasteiger partial charge in [-0.25, -0.2) is 4.39 Å².